The molecule has 0 aromatic carbocycles. The number of hydrogen-bond donors (Lipinski definition) is 1. The van der Waals surface area contributed by atoms with Gasteiger partial charge in [-0.3, -0.25) is 0 Å². The molecule has 0 radical (unpaired) electrons. The van der Waals surface area contributed by atoms with Crippen molar-refractivity contribution in [2.24, 2.45) is 5.92 Å². The first-order valence-electron chi connectivity index (χ1n) is 4.70. The van der Waals surface area contributed by atoms with Gasteiger partial charge in [-0.2, -0.15) is 11.8 Å². The minimum atomic E-state index is 0.836. The molecule has 0 bridgehead atoms. The third-order valence-electron chi connectivity index (χ3n) is 2.83. The zero-order valence-electron chi connectivity index (χ0n) is 7.18. The lowest BCUT2D eigenvalue weighted by Gasteiger charge is -2.21. The van der Waals surface area contributed by atoms with Gasteiger partial charge in [0.1, 0.15) is 0 Å². The van der Waals surface area contributed by atoms with E-state index in [4.69, 9.17) is 0 Å². The van der Waals surface area contributed by atoms with Crippen molar-refractivity contribution >= 4 is 11.8 Å². The number of nitrogens with one attached hydrogen (secondary N) is 1. The lowest BCUT2D eigenvalue weighted by Crippen LogP contribution is -2.36. The van der Waals surface area contributed by atoms with E-state index in [1.165, 1.54) is 31.4 Å². The molecule has 1 N–H and O–H groups in total. The van der Waals surface area contributed by atoms with Crippen LogP contribution in [-0.4, -0.2) is 24.1 Å². The summed E-state index contributed by atoms with van der Waals surface area (Å²) in [7, 11) is 2.13. The third-order valence-corrected chi connectivity index (χ3v) is 4.31. The fourth-order valence-electron chi connectivity index (χ4n) is 2.07. The highest BCUT2D eigenvalue weighted by Gasteiger charge is 2.36. The topological polar surface area (TPSA) is 12.0 Å². The van der Waals surface area contributed by atoms with Crippen LogP contribution in [0, 0.1) is 5.92 Å². The molecule has 64 valence electrons. The Labute approximate surface area is 73.3 Å². The minimum absolute atomic E-state index is 0.836. The lowest BCUT2D eigenvalue weighted by molar-refractivity contribution is 0.475. The van der Waals surface area contributed by atoms with Gasteiger partial charge in [0.2, 0.25) is 0 Å². The number of hydrogen-bond acceptors (Lipinski definition) is 2. The fourth-order valence-corrected chi connectivity index (χ4v) is 3.60. The van der Waals surface area contributed by atoms with Crippen LogP contribution in [-0.2, 0) is 0 Å². The van der Waals surface area contributed by atoms with Gasteiger partial charge in [-0.25, -0.2) is 0 Å². The molecule has 2 atom stereocenters. The van der Waals surface area contributed by atoms with Crippen molar-refractivity contribution in [3.63, 3.8) is 0 Å². The van der Waals surface area contributed by atoms with Crippen LogP contribution >= 0.6 is 11.8 Å². The van der Waals surface area contributed by atoms with Crippen molar-refractivity contribution in [2.45, 2.75) is 37.0 Å². The van der Waals surface area contributed by atoms with Crippen LogP contribution in [0.25, 0.3) is 0 Å². The zero-order chi connectivity index (χ0) is 7.68. The highest BCUT2D eigenvalue weighted by Crippen LogP contribution is 2.40. The molecule has 2 heteroatoms. The molecule has 1 aliphatic heterocycles. The Morgan fingerprint density at radius 1 is 1.36 bits per heavy atom. The highest BCUT2D eigenvalue weighted by atomic mass is 32.2. The van der Waals surface area contributed by atoms with Crippen LogP contribution in [0.4, 0.5) is 0 Å². The Morgan fingerprint density at radius 3 is 2.64 bits per heavy atom. The van der Waals surface area contributed by atoms with E-state index in [2.05, 4.69) is 24.1 Å². The molecule has 2 rings (SSSR count). The number of rotatable bonds is 3. The maximum Gasteiger partial charge on any atom is 0.0211 e. The molecular formula is C9H17NS. The lowest BCUT2D eigenvalue weighted by atomic mass is 10.1. The van der Waals surface area contributed by atoms with E-state index in [-0.39, 0.29) is 0 Å². The fraction of sp³-hybridized carbons (Fsp3) is 1.00. The Bertz CT molecular complexity index is 128. The van der Waals surface area contributed by atoms with Crippen LogP contribution in [0.3, 0.4) is 0 Å². The molecule has 0 aromatic heterocycles. The van der Waals surface area contributed by atoms with Gasteiger partial charge in [-0.15, -0.1) is 0 Å². The van der Waals surface area contributed by atoms with Crippen molar-refractivity contribution < 1.29 is 0 Å². The Balaban J connectivity index is 1.87. The SMILES string of the molecule is CNC(C1CC1)C1CCCS1. The summed E-state index contributed by atoms with van der Waals surface area (Å²) in [6.45, 7) is 0. The summed E-state index contributed by atoms with van der Waals surface area (Å²) in [5.41, 5.74) is 0. The van der Waals surface area contributed by atoms with Crippen LogP contribution in [0.5, 0.6) is 0 Å². The van der Waals surface area contributed by atoms with Crippen LogP contribution < -0.4 is 5.32 Å². The average Bonchev–Trinajstić information content (AvgIpc) is 2.68. The Hall–Kier alpha value is 0.310. The van der Waals surface area contributed by atoms with E-state index >= 15 is 0 Å². The van der Waals surface area contributed by atoms with Crippen molar-refractivity contribution in [3.8, 4) is 0 Å². The predicted octanol–water partition coefficient (Wildman–Crippen LogP) is 1.88. The van der Waals surface area contributed by atoms with Crippen molar-refractivity contribution in [2.75, 3.05) is 12.8 Å². The summed E-state index contributed by atoms with van der Waals surface area (Å²) >= 11 is 2.18. The summed E-state index contributed by atoms with van der Waals surface area (Å²) in [5.74, 6) is 2.42. The summed E-state index contributed by atoms with van der Waals surface area (Å²) in [4.78, 5) is 0. The van der Waals surface area contributed by atoms with Crippen LogP contribution in [0.15, 0.2) is 0 Å². The normalized spacial score (nSPS) is 34.1. The molecule has 0 amide bonds. The van der Waals surface area contributed by atoms with Crippen LogP contribution in [0.2, 0.25) is 0 Å². The van der Waals surface area contributed by atoms with E-state index in [1.807, 2.05) is 0 Å². The van der Waals surface area contributed by atoms with Gasteiger partial charge in [0, 0.05) is 11.3 Å². The molecule has 2 unspecified atom stereocenters. The van der Waals surface area contributed by atoms with Gasteiger partial charge < -0.3 is 5.32 Å². The maximum absolute atomic E-state index is 3.49. The zero-order valence-corrected chi connectivity index (χ0v) is 7.99. The molecule has 2 aliphatic rings. The van der Waals surface area contributed by atoms with Gasteiger partial charge in [-0.1, -0.05) is 0 Å². The number of thioether (sulfide) groups is 1. The van der Waals surface area contributed by atoms with E-state index in [9.17, 15) is 0 Å². The molecular weight excluding hydrogens is 154 g/mol. The molecule has 0 spiro atoms. The monoisotopic (exact) mass is 171 g/mol. The molecule has 1 saturated carbocycles. The standard InChI is InChI=1S/C9H17NS/c1-10-9(7-4-5-7)8-3-2-6-11-8/h7-10H,2-6H2,1H3. The van der Waals surface area contributed by atoms with E-state index in [0.717, 1.165) is 17.2 Å². The molecule has 1 heterocycles. The Kier molecular flexibility index (Phi) is 2.42. The smallest absolute Gasteiger partial charge is 0.0211 e. The molecule has 0 aromatic rings. The minimum Gasteiger partial charge on any atom is -0.316 e. The molecule has 2 fully saturated rings. The van der Waals surface area contributed by atoms with Gasteiger partial charge >= 0.3 is 0 Å². The van der Waals surface area contributed by atoms with Crippen molar-refractivity contribution in [3.05, 3.63) is 0 Å². The Morgan fingerprint density at radius 2 is 2.18 bits per heavy atom. The van der Waals surface area contributed by atoms with Gasteiger partial charge in [0.05, 0.1) is 0 Å². The van der Waals surface area contributed by atoms with E-state index in [1.54, 1.807) is 0 Å². The predicted molar refractivity (Wildman–Crippen MR) is 51.1 cm³/mol. The average molecular weight is 171 g/mol. The maximum atomic E-state index is 3.49. The molecule has 11 heavy (non-hydrogen) atoms. The van der Waals surface area contributed by atoms with Gasteiger partial charge in [0.25, 0.3) is 0 Å². The second-order valence-corrected chi connectivity index (χ2v) is 5.05. The largest absolute Gasteiger partial charge is 0.316 e. The van der Waals surface area contributed by atoms with E-state index < -0.39 is 0 Å². The molecule has 1 nitrogen and oxygen atoms in total. The van der Waals surface area contributed by atoms with Gasteiger partial charge in [0.15, 0.2) is 0 Å². The third kappa shape index (κ3) is 1.73. The first kappa shape index (κ1) is 7.93. The van der Waals surface area contributed by atoms with Crippen LogP contribution in [0.1, 0.15) is 25.7 Å². The summed E-state index contributed by atoms with van der Waals surface area (Å²) in [5, 5.41) is 4.42. The van der Waals surface area contributed by atoms with Crippen molar-refractivity contribution in [1.29, 1.82) is 0 Å². The second-order valence-electron chi connectivity index (χ2n) is 3.70. The first-order valence-corrected chi connectivity index (χ1v) is 5.75. The molecule has 1 saturated heterocycles. The van der Waals surface area contributed by atoms with E-state index in [0.29, 0.717) is 0 Å². The first-order chi connectivity index (χ1) is 5.42. The quantitative estimate of drug-likeness (QED) is 0.696. The second kappa shape index (κ2) is 3.36. The van der Waals surface area contributed by atoms with Gasteiger partial charge in [-0.05, 0) is 44.4 Å². The summed E-state index contributed by atoms with van der Waals surface area (Å²) in [6, 6.07) is 0.836. The summed E-state index contributed by atoms with van der Waals surface area (Å²) in [6.07, 6.45) is 5.85. The highest BCUT2D eigenvalue weighted by molar-refractivity contribution is 8.00. The molecule has 1 aliphatic carbocycles. The van der Waals surface area contributed by atoms with Crippen molar-refractivity contribution in [1.82, 2.24) is 5.32 Å². The summed E-state index contributed by atoms with van der Waals surface area (Å²) < 4.78 is 0.